The Hall–Kier alpha value is -0.750. The lowest BCUT2D eigenvalue weighted by molar-refractivity contribution is -0.328. The number of allylic oxidation sites excluding steroid dienone is 1. The van der Waals surface area contributed by atoms with E-state index in [4.69, 9.17) is 49.5 Å². The minimum atomic E-state index is -1.15. The van der Waals surface area contributed by atoms with Gasteiger partial charge in [-0.2, -0.15) is 0 Å². The number of ether oxygens (including phenoxy) is 8. The maximum Gasteiger partial charge on any atom is 0.233 e. The van der Waals surface area contributed by atoms with Crippen molar-refractivity contribution in [2.24, 2.45) is 0 Å². The fourth-order valence-corrected chi connectivity index (χ4v) is 7.97. The van der Waals surface area contributed by atoms with Crippen LogP contribution < -0.4 is 4.74 Å². The zero-order valence-corrected chi connectivity index (χ0v) is 23.9. The van der Waals surface area contributed by atoms with Crippen molar-refractivity contribution in [1.29, 1.82) is 0 Å². The first kappa shape index (κ1) is 26.2. The lowest BCUT2D eigenvalue weighted by atomic mass is 9.86. The van der Waals surface area contributed by atoms with Gasteiger partial charge in [-0.15, -0.1) is 11.6 Å². The molecule has 7 aliphatic heterocycles. The van der Waals surface area contributed by atoms with Gasteiger partial charge in [0.15, 0.2) is 12.4 Å². The molecule has 8 rings (SSSR count). The molecule has 8 nitrogen and oxygen atoms in total. The van der Waals surface area contributed by atoms with Gasteiger partial charge in [-0.3, -0.25) is 0 Å². The Bertz CT molecular complexity index is 1070. The van der Waals surface area contributed by atoms with Crippen LogP contribution in [0.2, 0.25) is 0 Å². The summed E-state index contributed by atoms with van der Waals surface area (Å²) in [5, 5.41) is -0.142. The maximum atomic E-state index is 6.99. The number of hydrogen-bond donors (Lipinski definition) is 0. The topological polar surface area (TPSA) is 73.8 Å². The van der Waals surface area contributed by atoms with E-state index in [2.05, 4.69) is 29.4 Å². The van der Waals surface area contributed by atoms with Crippen molar-refractivity contribution >= 4 is 27.5 Å². The molecule has 1 spiro atoms. The minimum absolute atomic E-state index is 0.0709. The molecule has 6 bridgehead atoms. The fourth-order valence-electron chi connectivity index (χ4n) is 7.09. The van der Waals surface area contributed by atoms with E-state index in [1.54, 1.807) is 7.11 Å². The molecular formula is C28H34BrClO8. The van der Waals surface area contributed by atoms with Crippen LogP contribution in [0.3, 0.4) is 0 Å². The Morgan fingerprint density at radius 3 is 2.58 bits per heavy atom. The average Bonchev–Trinajstić information content (AvgIpc) is 3.46. The van der Waals surface area contributed by atoms with Gasteiger partial charge in [0.2, 0.25) is 11.6 Å². The van der Waals surface area contributed by atoms with E-state index < -0.39 is 30.1 Å². The normalized spacial score (nSPS) is 46.9. The van der Waals surface area contributed by atoms with E-state index in [-0.39, 0.29) is 42.0 Å². The summed E-state index contributed by atoms with van der Waals surface area (Å²) in [4.78, 5) is 0. The molecule has 0 amide bonds. The van der Waals surface area contributed by atoms with Crippen LogP contribution in [0.4, 0.5) is 0 Å². The Balaban J connectivity index is 1.23. The van der Waals surface area contributed by atoms with Gasteiger partial charge in [0.1, 0.15) is 36.3 Å². The standard InChI is InChI=1S/C28H34BrClO8/c1-4-17-9-10-19-20(32-17)21-22-23(33-19)24-28(36-22)26(27(35-21,37-24)12-11-16(30)13-14(2)29)34-25(38-28)15-5-7-18(31-3)8-6-15/h5-8,16-17,19-26H,2,4,9-13H2,1,3H3/t16-,17+,19+,20+,21+,22+,23?,24+,25+,26+,27-,28+/m1/s1. The van der Waals surface area contributed by atoms with Crippen molar-refractivity contribution in [2.45, 2.75) is 118 Å². The number of benzene rings is 1. The lowest BCUT2D eigenvalue weighted by Gasteiger charge is -2.47. The first-order valence-corrected chi connectivity index (χ1v) is 14.9. The van der Waals surface area contributed by atoms with Crippen molar-refractivity contribution in [3.05, 3.63) is 40.9 Å². The third kappa shape index (κ3) is 3.96. The zero-order chi connectivity index (χ0) is 26.2. The van der Waals surface area contributed by atoms with Crippen molar-refractivity contribution in [2.75, 3.05) is 7.11 Å². The van der Waals surface area contributed by atoms with Gasteiger partial charge in [-0.25, -0.2) is 0 Å². The summed E-state index contributed by atoms with van der Waals surface area (Å²) in [5.41, 5.74) is 0.868. The third-order valence-electron chi connectivity index (χ3n) is 8.88. The van der Waals surface area contributed by atoms with Crippen LogP contribution in [0.1, 0.15) is 57.3 Å². The van der Waals surface area contributed by atoms with E-state index in [9.17, 15) is 0 Å². The summed E-state index contributed by atoms with van der Waals surface area (Å²) in [6.45, 7) is 6.09. The molecule has 1 unspecified atom stereocenters. The largest absolute Gasteiger partial charge is 0.497 e. The van der Waals surface area contributed by atoms with Gasteiger partial charge in [0.05, 0.1) is 19.3 Å². The van der Waals surface area contributed by atoms with Gasteiger partial charge in [0.25, 0.3) is 0 Å². The molecule has 208 valence electrons. The molecule has 12 atom stereocenters. The summed E-state index contributed by atoms with van der Waals surface area (Å²) < 4.78 is 53.2. The predicted molar refractivity (Wildman–Crippen MR) is 140 cm³/mol. The summed E-state index contributed by atoms with van der Waals surface area (Å²) in [6.07, 6.45) is 1.68. The van der Waals surface area contributed by atoms with E-state index >= 15 is 0 Å². The highest BCUT2D eigenvalue weighted by atomic mass is 79.9. The number of fused-ring (bicyclic) bond motifs is 1. The van der Waals surface area contributed by atoms with Crippen LogP contribution in [0, 0.1) is 0 Å². The third-order valence-corrected chi connectivity index (χ3v) is 9.57. The summed E-state index contributed by atoms with van der Waals surface area (Å²) in [7, 11) is 1.64. The van der Waals surface area contributed by atoms with Gasteiger partial charge < -0.3 is 37.9 Å². The summed E-state index contributed by atoms with van der Waals surface area (Å²) >= 11 is 10.1. The summed E-state index contributed by atoms with van der Waals surface area (Å²) in [5.74, 6) is -1.49. The number of rotatable bonds is 8. The SMILES string of the molecule is C=C(Br)C[C@H](Cl)CC[C@]12O[C@H]3[C@H]4O[C@@H](CC)CC[C@@H]4OC4[C@H]3O[C@]3(O[C@@H](c5ccc(OC)cc5)O[C@@H]13)[C@H]4O2. The van der Waals surface area contributed by atoms with Crippen LogP contribution in [-0.4, -0.2) is 72.9 Å². The Labute approximate surface area is 236 Å². The van der Waals surface area contributed by atoms with E-state index in [1.807, 2.05) is 24.3 Å². The Morgan fingerprint density at radius 1 is 1.05 bits per heavy atom. The monoisotopic (exact) mass is 612 g/mol. The summed E-state index contributed by atoms with van der Waals surface area (Å²) in [6, 6.07) is 7.67. The van der Waals surface area contributed by atoms with Crippen LogP contribution in [0.5, 0.6) is 5.75 Å². The number of methoxy groups -OCH3 is 1. The molecule has 0 saturated carbocycles. The molecule has 0 aliphatic carbocycles. The molecule has 0 radical (unpaired) electrons. The minimum Gasteiger partial charge on any atom is -0.497 e. The van der Waals surface area contributed by atoms with Gasteiger partial charge in [-0.05, 0) is 48.7 Å². The maximum absolute atomic E-state index is 6.99. The smallest absolute Gasteiger partial charge is 0.233 e. The lowest BCUT2D eigenvalue weighted by Crippen LogP contribution is -2.62. The van der Waals surface area contributed by atoms with Crippen LogP contribution in [-0.2, 0) is 33.2 Å². The van der Waals surface area contributed by atoms with Crippen LogP contribution in [0.25, 0.3) is 0 Å². The first-order chi connectivity index (χ1) is 18.4. The fraction of sp³-hybridized carbons (Fsp3) is 0.714. The molecular weight excluding hydrogens is 580 g/mol. The number of hydrogen-bond acceptors (Lipinski definition) is 8. The van der Waals surface area contributed by atoms with Gasteiger partial charge in [0, 0.05) is 17.4 Å². The van der Waals surface area contributed by atoms with E-state index in [0.29, 0.717) is 19.3 Å². The highest BCUT2D eigenvalue weighted by Gasteiger charge is 2.83. The van der Waals surface area contributed by atoms with E-state index in [0.717, 1.165) is 35.1 Å². The zero-order valence-electron chi connectivity index (χ0n) is 21.6. The second-order valence-electron chi connectivity index (χ2n) is 11.2. The quantitative estimate of drug-likeness (QED) is 0.375. The molecule has 7 heterocycles. The average molecular weight is 614 g/mol. The molecule has 38 heavy (non-hydrogen) atoms. The molecule has 0 aromatic heterocycles. The Kier molecular flexibility index (Phi) is 6.66. The highest BCUT2D eigenvalue weighted by molar-refractivity contribution is 9.11. The number of alkyl halides is 1. The van der Waals surface area contributed by atoms with Gasteiger partial charge in [-0.1, -0.05) is 41.6 Å². The molecule has 7 saturated heterocycles. The first-order valence-electron chi connectivity index (χ1n) is 13.6. The molecule has 7 fully saturated rings. The molecule has 10 heteroatoms. The van der Waals surface area contributed by atoms with Crippen molar-refractivity contribution in [1.82, 2.24) is 0 Å². The van der Waals surface area contributed by atoms with Crippen LogP contribution >= 0.6 is 27.5 Å². The second-order valence-corrected chi connectivity index (χ2v) is 12.9. The predicted octanol–water partition coefficient (Wildman–Crippen LogP) is 5.11. The molecule has 7 aliphatic rings. The van der Waals surface area contributed by atoms with Crippen molar-refractivity contribution in [3.63, 3.8) is 0 Å². The highest BCUT2D eigenvalue weighted by Crippen LogP contribution is 2.64. The molecule has 1 aromatic carbocycles. The van der Waals surface area contributed by atoms with Gasteiger partial charge >= 0.3 is 0 Å². The van der Waals surface area contributed by atoms with Crippen molar-refractivity contribution < 1.29 is 37.9 Å². The number of halogens is 2. The van der Waals surface area contributed by atoms with E-state index in [1.165, 1.54) is 0 Å². The molecule has 0 N–H and O–H groups in total. The van der Waals surface area contributed by atoms with Crippen LogP contribution in [0.15, 0.2) is 35.3 Å². The van der Waals surface area contributed by atoms with Crippen molar-refractivity contribution in [3.8, 4) is 5.75 Å². The second kappa shape index (κ2) is 9.67. The Morgan fingerprint density at radius 2 is 1.84 bits per heavy atom. The molecule has 1 aromatic rings.